The number of hydrogen-bond acceptors (Lipinski definition) is 3. The molecule has 1 amide bonds. The number of amides is 1. The van der Waals surface area contributed by atoms with Gasteiger partial charge in [0.1, 0.15) is 0 Å². The lowest BCUT2D eigenvalue weighted by Gasteiger charge is -2.10. The third kappa shape index (κ3) is 3.23. The van der Waals surface area contributed by atoms with E-state index in [0.29, 0.717) is 21.8 Å². The Kier molecular flexibility index (Phi) is 4.50. The molecule has 3 N–H and O–H groups in total. The summed E-state index contributed by atoms with van der Waals surface area (Å²) in [6, 6.07) is 13.5. The van der Waals surface area contributed by atoms with Gasteiger partial charge in [0, 0.05) is 16.1 Å². The average Bonchev–Trinajstić information content (AvgIpc) is 2.49. The highest BCUT2D eigenvalue weighted by Crippen LogP contribution is 2.23. The van der Waals surface area contributed by atoms with Crippen LogP contribution in [0.3, 0.4) is 0 Å². The van der Waals surface area contributed by atoms with Gasteiger partial charge in [0.15, 0.2) is 5.78 Å². The van der Waals surface area contributed by atoms with Crippen LogP contribution in [0.15, 0.2) is 48.5 Å². The number of benzene rings is 2. The normalized spacial score (nSPS) is 10.1. The summed E-state index contributed by atoms with van der Waals surface area (Å²) in [5.41, 5.74) is 6.53. The topological polar surface area (TPSA) is 72.2 Å². The van der Waals surface area contributed by atoms with Crippen molar-refractivity contribution in [2.24, 2.45) is 5.73 Å². The van der Waals surface area contributed by atoms with Gasteiger partial charge in [-0.15, -0.1) is 0 Å². The molecule has 102 valence electrons. The van der Waals surface area contributed by atoms with Crippen molar-refractivity contribution in [3.63, 3.8) is 0 Å². The highest BCUT2D eigenvalue weighted by atomic mass is 35.5. The minimum Gasteiger partial charge on any atom is -0.324 e. The number of rotatable bonds is 4. The lowest BCUT2D eigenvalue weighted by molar-refractivity contribution is -0.114. The molecule has 0 aliphatic rings. The van der Waals surface area contributed by atoms with Gasteiger partial charge in [0.05, 0.1) is 12.2 Å². The minimum absolute atomic E-state index is 0.151. The number of nitrogens with two attached hydrogens (primary N) is 1. The smallest absolute Gasteiger partial charge is 0.238 e. The molecule has 0 radical (unpaired) electrons. The van der Waals surface area contributed by atoms with Gasteiger partial charge >= 0.3 is 0 Å². The molecule has 0 heterocycles. The largest absolute Gasteiger partial charge is 0.324 e. The Morgan fingerprint density at radius 3 is 2.45 bits per heavy atom. The van der Waals surface area contributed by atoms with Crippen LogP contribution in [-0.4, -0.2) is 18.2 Å². The first kappa shape index (κ1) is 14.2. The molecule has 5 heteroatoms. The van der Waals surface area contributed by atoms with Crippen molar-refractivity contribution < 1.29 is 9.59 Å². The number of carbonyl (C=O) groups is 2. The zero-order valence-electron chi connectivity index (χ0n) is 10.6. The molecule has 0 saturated heterocycles. The van der Waals surface area contributed by atoms with E-state index in [1.54, 1.807) is 36.4 Å². The number of carbonyl (C=O) groups excluding carboxylic acids is 2. The van der Waals surface area contributed by atoms with Crippen LogP contribution in [0.4, 0.5) is 5.69 Å². The van der Waals surface area contributed by atoms with Crippen molar-refractivity contribution in [2.75, 3.05) is 11.9 Å². The predicted octanol–water partition coefficient (Wildman–Crippen LogP) is 2.47. The third-order valence-electron chi connectivity index (χ3n) is 2.72. The Hall–Kier alpha value is -2.17. The Bertz CT molecular complexity index is 642. The molecule has 2 rings (SSSR count). The Morgan fingerprint density at radius 1 is 1.10 bits per heavy atom. The molecular weight excluding hydrogens is 276 g/mol. The summed E-state index contributed by atoms with van der Waals surface area (Å²) < 4.78 is 0. The predicted molar refractivity (Wildman–Crippen MR) is 79.0 cm³/mol. The molecule has 0 unspecified atom stereocenters. The van der Waals surface area contributed by atoms with Crippen molar-refractivity contribution >= 4 is 29.0 Å². The molecular formula is C15H13ClN2O2. The van der Waals surface area contributed by atoms with Crippen LogP contribution >= 0.6 is 11.6 Å². The maximum absolute atomic E-state index is 12.4. The SMILES string of the molecule is NCC(=O)Nc1ccc(Cl)cc1C(=O)c1ccccc1. The van der Waals surface area contributed by atoms with Crippen LogP contribution in [0.25, 0.3) is 0 Å². The Labute approximate surface area is 121 Å². The van der Waals surface area contributed by atoms with Crippen LogP contribution in [0.5, 0.6) is 0 Å². The second-order valence-electron chi connectivity index (χ2n) is 4.14. The van der Waals surface area contributed by atoms with Crippen LogP contribution in [0.1, 0.15) is 15.9 Å². The van der Waals surface area contributed by atoms with Gasteiger partial charge in [-0.05, 0) is 18.2 Å². The standard InChI is InChI=1S/C15H13ClN2O2/c16-11-6-7-13(18-14(19)9-17)12(8-11)15(20)10-4-2-1-3-5-10/h1-8H,9,17H2,(H,18,19). The van der Waals surface area contributed by atoms with E-state index in [9.17, 15) is 9.59 Å². The number of ketones is 1. The van der Waals surface area contributed by atoms with E-state index in [1.807, 2.05) is 6.07 Å². The molecule has 2 aromatic rings. The van der Waals surface area contributed by atoms with Crippen LogP contribution in [0, 0.1) is 0 Å². The zero-order chi connectivity index (χ0) is 14.5. The Balaban J connectivity index is 2.41. The van der Waals surface area contributed by atoms with Gasteiger partial charge in [-0.25, -0.2) is 0 Å². The second kappa shape index (κ2) is 6.32. The van der Waals surface area contributed by atoms with Gasteiger partial charge in [-0.2, -0.15) is 0 Å². The Morgan fingerprint density at radius 2 is 1.80 bits per heavy atom. The van der Waals surface area contributed by atoms with Gasteiger partial charge in [0.2, 0.25) is 5.91 Å². The molecule has 0 spiro atoms. The first-order valence-corrected chi connectivity index (χ1v) is 6.39. The minimum atomic E-state index is -0.366. The van der Waals surface area contributed by atoms with Crippen LogP contribution in [0.2, 0.25) is 5.02 Å². The van der Waals surface area contributed by atoms with E-state index in [2.05, 4.69) is 5.32 Å². The highest BCUT2D eigenvalue weighted by molar-refractivity contribution is 6.31. The van der Waals surface area contributed by atoms with E-state index >= 15 is 0 Å². The molecule has 0 saturated carbocycles. The summed E-state index contributed by atoms with van der Waals surface area (Å²) in [5.74, 6) is -0.574. The molecule has 0 atom stereocenters. The molecule has 4 nitrogen and oxygen atoms in total. The molecule has 20 heavy (non-hydrogen) atoms. The second-order valence-corrected chi connectivity index (χ2v) is 4.57. The fourth-order valence-corrected chi connectivity index (χ4v) is 1.93. The van der Waals surface area contributed by atoms with Crippen LogP contribution < -0.4 is 11.1 Å². The van der Waals surface area contributed by atoms with Gasteiger partial charge in [-0.1, -0.05) is 41.9 Å². The average molecular weight is 289 g/mol. The van der Waals surface area contributed by atoms with Gasteiger partial charge in [-0.3, -0.25) is 9.59 Å². The molecule has 0 aliphatic carbocycles. The van der Waals surface area contributed by atoms with E-state index in [-0.39, 0.29) is 18.2 Å². The fourth-order valence-electron chi connectivity index (χ4n) is 1.76. The monoisotopic (exact) mass is 288 g/mol. The maximum atomic E-state index is 12.4. The summed E-state index contributed by atoms with van der Waals surface area (Å²) in [7, 11) is 0. The van der Waals surface area contributed by atoms with Crippen molar-refractivity contribution in [1.29, 1.82) is 0 Å². The fraction of sp³-hybridized carbons (Fsp3) is 0.0667. The molecule has 0 aliphatic heterocycles. The highest BCUT2D eigenvalue weighted by Gasteiger charge is 2.15. The van der Waals surface area contributed by atoms with Crippen LogP contribution in [-0.2, 0) is 4.79 Å². The number of nitrogens with one attached hydrogen (secondary N) is 1. The van der Waals surface area contributed by atoms with Gasteiger partial charge < -0.3 is 11.1 Å². The lowest BCUT2D eigenvalue weighted by atomic mass is 10.0. The summed E-state index contributed by atoms with van der Waals surface area (Å²) in [4.78, 5) is 23.8. The van der Waals surface area contributed by atoms with E-state index in [1.165, 1.54) is 6.07 Å². The quantitative estimate of drug-likeness (QED) is 0.849. The summed E-state index contributed by atoms with van der Waals surface area (Å²) in [5, 5.41) is 3.02. The summed E-state index contributed by atoms with van der Waals surface area (Å²) in [6.07, 6.45) is 0. The van der Waals surface area contributed by atoms with E-state index in [0.717, 1.165) is 0 Å². The van der Waals surface area contributed by atoms with Crippen molar-refractivity contribution in [3.05, 3.63) is 64.7 Å². The zero-order valence-corrected chi connectivity index (χ0v) is 11.4. The maximum Gasteiger partial charge on any atom is 0.238 e. The van der Waals surface area contributed by atoms with Gasteiger partial charge in [0.25, 0.3) is 0 Å². The summed E-state index contributed by atoms with van der Waals surface area (Å²) >= 11 is 5.93. The molecule has 0 fully saturated rings. The first-order chi connectivity index (χ1) is 9.61. The third-order valence-corrected chi connectivity index (χ3v) is 2.96. The molecule has 2 aromatic carbocycles. The molecule has 0 aromatic heterocycles. The van der Waals surface area contributed by atoms with Crippen molar-refractivity contribution in [2.45, 2.75) is 0 Å². The van der Waals surface area contributed by atoms with Crippen molar-refractivity contribution in [3.8, 4) is 0 Å². The first-order valence-electron chi connectivity index (χ1n) is 6.01. The number of halogens is 1. The number of anilines is 1. The van der Waals surface area contributed by atoms with E-state index in [4.69, 9.17) is 17.3 Å². The lowest BCUT2D eigenvalue weighted by Crippen LogP contribution is -2.23. The van der Waals surface area contributed by atoms with E-state index < -0.39 is 0 Å². The van der Waals surface area contributed by atoms with Crippen molar-refractivity contribution in [1.82, 2.24) is 0 Å². The number of hydrogen-bond donors (Lipinski definition) is 2. The molecule has 0 bridgehead atoms. The summed E-state index contributed by atoms with van der Waals surface area (Å²) in [6.45, 7) is -0.151.